The molecule has 3 heterocycles. The summed E-state index contributed by atoms with van der Waals surface area (Å²) in [5, 5.41) is 1.64. The number of hydrogen-bond acceptors (Lipinski definition) is 6. The second kappa shape index (κ2) is 6.83. The molecular formula is C20H23N3O2S. The first-order chi connectivity index (χ1) is 12.6. The average molecular weight is 369 g/mol. The molecule has 0 bridgehead atoms. The van der Waals surface area contributed by atoms with E-state index in [1.54, 1.807) is 14.2 Å². The molecular weight excluding hydrogens is 346 g/mol. The Hall–Kier alpha value is -2.21. The Morgan fingerprint density at radius 3 is 2.69 bits per heavy atom. The van der Waals surface area contributed by atoms with Crippen molar-refractivity contribution in [2.75, 3.05) is 20.8 Å². The summed E-state index contributed by atoms with van der Waals surface area (Å²) in [4.78, 5) is 12.0. The molecule has 0 aliphatic carbocycles. The van der Waals surface area contributed by atoms with E-state index in [0.29, 0.717) is 5.25 Å². The third kappa shape index (κ3) is 2.72. The number of amidine groups is 1. The highest BCUT2D eigenvalue weighted by atomic mass is 32.2. The molecule has 2 aliphatic heterocycles. The van der Waals surface area contributed by atoms with E-state index in [1.807, 2.05) is 43.1 Å². The van der Waals surface area contributed by atoms with Gasteiger partial charge >= 0.3 is 0 Å². The van der Waals surface area contributed by atoms with Crippen LogP contribution >= 0.6 is 11.8 Å². The second-order valence-electron chi connectivity index (χ2n) is 6.65. The number of methoxy groups -OCH3 is 2. The van der Waals surface area contributed by atoms with Crippen molar-refractivity contribution in [1.82, 2.24) is 9.88 Å². The summed E-state index contributed by atoms with van der Waals surface area (Å²) in [7, 11) is 3.41. The molecule has 1 aromatic heterocycles. The van der Waals surface area contributed by atoms with E-state index in [2.05, 4.69) is 28.9 Å². The van der Waals surface area contributed by atoms with Gasteiger partial charge in [-0.1, -0.05) is 24.8 Å². The standard InChI is InChI=1S/C20H23N3O2S/c1-12-11-23-18(14-8-9-16(24-3)13(2)19(14)25-4)17(22-20(23)26-12)15-7-5-6-10-21-15/h5-10,12,17-18H,11H2,1-4H3/t12-,17+,18-/m0/s1. The number of fused-ring (bicyclic) bond motifs is 1. The Morgan fingerprint density at radius 1 is 1.15 bits per heavy atom. The number of benzene rings is 1. The molecule has 0 amide bonds. The quantitative estimate of drug-likeness (QED) is 0.815. The molecule has 26 heavy (non-hydrogen) atoms. The fourth-order valence-electron chi connectivity index (χ4n) is 3.87. The number of rotatable bonds is 4. The van der Waals surface area contributed by atoms with Crippen LogP contribution in [-0.4, -0.2) is 41.1 Å². The van der Waals surface area contributed by atoms with Gasteiger partial charge in [-0.05, 0) is 31.2 Å². The number of hydrogen-bond donors (Lipinski definition) is 0. The van der Waals surface area contributed by atoms with E-state index < -0.39 is 0 Å². The molecule has 6 heteroatoms. The molecule has 0 spiro atoms. The minimum absolute atomic E-state index is 0.0344. The van der Waals surface area contributed by atoms with Gasteiger partial charge in [-0.25, -0.2) is 0 Å². The number of nitrogens with zero attached hydrogens (tertiary/aromatic N) is 3. The van der Waals surface area contributed by atoms with Crippen molar-refractivity contribution < 1.29 is 9.47 Å². The summed E-state index contributed by atoms with van der Waals surface area (Å²) in [5.74, 6) is 1.71. The predicted octanol–water partition coefficient (Wildman–Crippen LogP) is 4.00. The van der Waals surface area contributed by atoms with Crippen LogP contribution in [-0.2, 0) is 0 Å². The van der Waals surface area contributed by atoms with Crippen molar-refractivity contribution in [3.8, 4) is 11.5 Å². The van der Waals surface area contributed by atoms with Crippen LogP contribution in [0.15, 0.2) is 41.5 Å². The Bertz CT molecular complexity index is 840. The van der Waals surface area contributed by atoms with Crippen LogP contribution in [0.4, 0.5) is 0 Å². The van der Waals surface area contributed by atoms with E-state index in [9.17, 15) is 0 Å². The van der Waals surface area contributed by atoms with Crippen molar-refractivity contribution in [3.63, 3.8) is 0 Å². The largest absolute Gasteiger partial charge is 0.496 e. The molecule has 0 N–H and O–H groups in total. The molecule has 5 nitrogen and oxygen atoms in total. The van der Waals surface area contributed by atoms with Gasteiger partial charge in [-0.2, -0.15) is 0 Å². The highest BCUT2D eigenvalue weighted by molar-refractivity contribution is 8.14. The molecule has 4 rings (SSSR count). The first-order valence-electron chi connectivity index (χ1n) is 8.77. The molecule has 1 aromatic carbocycles. The van der Waals surface area contributed by atoms with E-state index in [1.165, 1.54) is 0 Å². The summed E-state index contributed by atoms with van der Waals surface area (Å²) in [6, 6.07) is 10.2. The third-order valence-corrected chi connectivity index (χ3v) is 6.11. The lowest BCUT2D eigenvalue weighted by molar-refractivity contribution is 0.305. The molecule has 0 unspecified atom stereocenters. The van der Waals surface area contributed by atoms with Crippen LogP contribution in [0.2, 0.25) is 0 Å². The van der Waals surface area contributed by atoms with E-state index in [-0.39, 0.29) is 12.1 Å². The van der Waals surface area contributed by atoms with E-state index in [4.69, 9.17) is 14.5 Å². The SMILES string of the molecule is COc1ccc([C@H]2[C@@H](c3ccccn3)N=C3S[C@@H](C)CN32)c(OC)c1C. The normalized spacial score (nSPS) is 24.4. The van der Waals surface area contributed by atoms with Gasteiger partial charge in [0.05, 0.1) is 26.0 Å². The third-order valence-electron chi connectivity index (χ3n) is 5.01. The number of pyridine rings is 1. The molecule has 1 fully saturated rings. The van der Waals surface area contributed by atoms with Gasteiger partial charge in [0.25, 0.3) is 0 Å². The monoisotopic (exact) mass is 369 g/mol. The van der Waals surface area contributed by atoms with Crippen LogP contribution in [0.5, 0.6) is 11.5 Å². The maximum Gasteiger partial charge on any atom is 0.160 e. The first kappa shape index (κ1) is 17.2. The Kier molecular flexibility index (Phi) is 4.53. The van der Waals surface area contributed by atoms with Crippen LogP contribution in [0.25, 0.3) is 0 Å². The van der Waals surface area contributed by atoms with Gasteiger partial charge in [-0.15, -0.1) is 0 Å². The molecule has 1 saturated heterocycles. The van der Waals surface area contributed by atoms with Crippen LogP contribution in [0.3, 0.4) is 0 Å². The first-order valence-corrected chi connectivity index (χ1v) is 9.65. The molecule has 0 radical (unpaired) electrons. The Labute approximate surface area is 158 Å². The molecule has 2 aliphatic rings. The van der Waals surface area contributed by atoms with Gasteiger partial charge in [0.1, 0.15) is 17.5 Å². The highest BCUT2D eigenvalue weighted by Crippen LogP contribution is 2.50. The lowest BCUT2D eigenvalue weighted by Gasteiger charge is -2.29. The maximum absolute atomic E-state index is 5.81. The van der Waals surface area contributed by atoms with Crippen LogP contribution < -0.4 is 9.47 Å². The second-order valence-corrected chi connectivity index (χ2v) is 8.06. The maximum atomic E-state index is 5.81. The van der Waals surface area contributed by atoms with Crippen LogP contribution in [0.1, 0.15) is 35.8 Å². The number of aromatic nitrogens is 1. The number of ether oxygens (including phenoxy) is 2. The van der Waals surface area contributed by atoms with Crippen LogP contribution in [0, 0.1) is 6.92 Å². The topological polar surface area (TPSA) is 47.0 Å². The predicted molar refractivity (Wildman–Crippen MR) is 105 cm³/mol. The van der Waals surface area contributed by atoms with Gasteiger partial charge in [0.15, 0.2) is 5.17 Å². The average Bonchev–Trinajstić information content (AvgIpc) is 3.18. The minimum Gasteiger partial charge on any atom is -0.496 e. The van der Waals surface area contributed by atoms with Gasteiger partial charge in [0.2, 0.25) is 0 Å². The summed E-state index contributed by atoms with van der Waals surface area (Å²) in [5.41, 5.74) is 3.14. The fraction of sp³-hybridized carbons (Fsp3) is 0.400. The zero-order valence-corrected chi connectivity index (χ0v) is 16.3. The fourth-order valence-corrected chi connectivity index (χ4v) is 4.97. The van der Waals surface area contributed by atoms with Crippen molar-refractivity contribution in [3.05, 3.63) is 53.3 Å². The lowest BCUT2D eigenvalue weighted by atomic mass is 9.93. The number of thioether (sulfide) groups is 1. The molecule has 0 saturated carbocycles. The van der Waals surface area contributed by atoms with E-state index in [0.717, 1.165) is 40.0 Å². The van der Waals surface area contributed by atoms with Gasteiger partial charge in [-0.3, -0.25) is 9.98 Å². The Balaban J connectivity index is 1.84. The summed E-state index contributed by atoms with van der Waals surface area (Å²) in [6.07, 6.45) is 1.84. The van der Waals surface area contributed by atoms with Gasteiger partial charge in [0, 0.05) is 29.1 Å². The van der Waals surface area contributed by atoms with Crippen molar-refractivity contribution in [2.24, 2.45) is 4.99 Å². The Morgan fingerprint density at radius 2 is 2.00 bits per heavy atom. The van der Waals surface area contributed by atoms with Crippen molar-refractivity contribution in [2.45, 2.75) is 31.2 Å². The van der Waals surface area contributed by atoms with Crippen molar-refractivity contribution >= 4 is 16.9 Å². The smallest absolute Gasteiger partial charge is 0.160 e. The minimum atomic E-state index is -0.0344. The van der Waals surface area contributed by atoms with Crippen molar-refractivity contribution in [1.29, 1.82) is 0 Å². The summed E-state index contributed by atoms with van der Waals surface area (Å²) in [6.45, 7) is 5.26. The summed E-state index contributed by atoms with van der Waals surface area (Å²) < 4.78 is 11.3. The molecule has 3 atom stereocenters. The van der Waals surface area contributed by atoms with Gasteiger partial charge < -0.3 is 14.4 Å². The lowest BCUT2D eigenvalue weighted by Crippen LogP contribution is -2.29. The molecule has 136 valence electrons. The summed E-state index contributed by atoms with van der Waals surface area (Å²) >= 11 is 1.84. The molecule has 2 aromatic rings. The zero-order chi connectivity index (χ0) is 18.3. The zero-order valence-electron chi connectivity index (χ0n) is 15.5. The highest BCUT2D eigenvalue weighted by Gasteiger charge is 2.44. The number of aliphatic imine (C=N–C) groups is 1. The van der Waals surface area contributed by atoms with E-state index >= 15 is 0 Å².